The predicted octanol–water partition coefficient (Wildman–Crippen LogP) is 3.71. The normalized spacial score (nSPS) is 16.7. The summed E-state index contributed by atoms with van der Waals surface area (Å²) in [4.78, 5) is 20.5. The Morgan fingerprint density at radius 3 is 2.41 bits per heavy atom. The first-order valence-electron chi connectivity index (χ1n) is 9.03. The molecule has 0 aliphatic carbocycles. The van der Waals surface area contributed by atoms with Gasteiger partial charge in [0.25, 0.3) is 5.91 Å². The molecule has 29 heavy (non-hydrogen) atoms. The lowest BCUT2D eigenvalue weighted by Crippen LogP contribution is -2.44. The summed E-state index contributed by atoms with van der Waals surface area (Å²) in [5.41, 5.74) is 7.14. The highest BCUT2D eigenvalue weighted by Crippen LogP contribution is 2.27. The summed E-state index contributed by atoms with van der Waals surface area (Å²) in [5.74, 6) is -2.01. The van der Waals surface area contributed by atoms with Gasteiger partial charge in [0.15, 0.2) is 0 Å². The molecule has 0 bridgehead atoms. The van der Waals surface area contributed by atoms with Gasteiger partial charge in [-0.3, -0.25) is 4.79 Å². The van der Waals surface area contributed by atoms with E-state index in [2.05, 4.69) is 9.97 Å². The number of hydrogen-bond acceptors (Lipinski definition) is 4. The highest BCUT2D eigenvalue weighted by molar-refractivity contribution is 6.30. The fraction of sp³-hybridized carbons (Fsp3) is 0.421. The average molecular weight is 431 g/mol. The van der Waals surface area contributed by atoms with Crippen molar-refractivity contribution in [3.63, 3.8) is 0 Å². The van der Waals surface area contributed by atoms with Crippen LogP contribution in [-0.2, 0) is 12.6 Å². The van der Waals surface area contributed by atoms with Crippen molar-refractivity contribution in [3.8, 4) is 0 Å². The van der Waals surface area contributed by atoms with Gasteiger partial charge in [-0.05, 0) is 42.9 Å². The Morgan fingerprint density at radius 1 is 1.24 bits per heavy atom. The van der Waals surface area contributed by atoms with E-state index < -0.39 is 23.7 Å². The van der Waals surface area contributed by atoms with Crippen molar-refractivity contribution in [2.24, 2.45) is 11.7 Å². The molecule has 1 fully saturated rings. The zero-order chi connectivity index (χ0) is 21.2. The molecule has 2 aromatic rings. The Hall–Kier alpha value is -2.26. The standard InChI is InChI=1S/C19H19ClF4N4O/c20-14-7-11(1-2-15(14)21)8-16(25)12-3-5-28(6-4-12)17(29)13-9-26-18(27-10-13)19(22,23)24/h1-2,7,9-10,12,16H,3-6,8,25H2/t16-/m1/s1. The maximum atomic E-state index is 13.3. The topological polar surface area (TPSA) is 72.1 Å². The molecule has 1 aromatic carbocycles. The molecule has 10 heteroatoms. The van der Waals surface area contributed by atoms with Gasteiger partial charge in [0.2, 0.25) is 5.82 Å². The van der Waals surface area contributed by atoms with E-state index in [1.807, 2.05) is 0 Å². The fourth-order valence-electron chi connectivity index (χ4n) is 3.40. The summed E-state index contributed by atoms with van der Waals surface area (Å²) >= 11 is 5.80. The van der Waals surface area contributed by atoms with E-state index in [9.17, 15) is 22.4 Å². The number of carbonyl (C=O) groups is 1. The minimum atomic E-state index is -4.65. The number of amides is 1. The van der Waals surface area contributed by atoms with Crippen LogP contribution in [0.15, 0.2) is 30.6 Å². The molecule has 2 heterocycles. The quantitative estimate of drug-likeness (QED) is 0.750. The van der Waals surface area contributed by atoms with E-state index in [1.54, 1.807) is 17.0 Å². The summed E-state index contributed by atoms with van der Waals surface area (Å²) in [6.07, 6.45) is -1.01. The van der Waals surface area contributed by atoms with Crippen LogP contribution in [0.25, 0.3) is 0 Å². The van der Waals surface area contributed by atoms with E-state index >= 15 is 0 Å². The van der Waals surface area contributed by atoms with Crippen LogP contribution >= 0.6 is 11.6 Å². The zero-order valence-corrected chi connectivity index (χ0v) is 16.0. The molecular weight excluding hydrogens is 412 g/mol. The number of likely N-dealkylation sites (tertiary alicyclic amines) is 1. The molecule has 0 unspecified atom stereocenters. The van der Waals surface area contributed by atoms with E-state index in [0.29, 0.717) is 32.4 Å². The smallest absolute Gasteiger partial charge is 0.339 e. The number of hydrogen-bond donors (Lipinski definition) is 1. The Labute approximate surface area is 169 Å². The molecule has 0 spiro atoms. The number of alkyl halides is 3. The molecule has 1 aromatic heterocycles. The molecule has 3 rings (SSSR count). The lowest BCUT2D eigenvalue weighted by molar-refractivity contribution is -0.145. The van der Waals surface area contributed by atoms with Crippen molar-refractivity contribution in [1.82, 2.24) is 14.9 Å². The minimum Gasteiger partial charge on any atom is -0.339 e. The van der Waals surface area contributed by atoms with Gasteiger partial charge in [-0.2, -0.15) is 13.2 Å². The summed E-state index contributed by atoms with van der Waals surface area (Å²) in [6.45, 7) is 0.866. The molecule has 1 saturated heterocycles. The van der Waals surface area contributed by atoms with Crippen molar-refractivity contribution >= 4 is 17.5 Å². The average Bonchev–Trinajstić information content (AvgIpc) is 2.70. The number of nitrogens with two attached hydrogens (primary N) is 1. The van der Waals surface area contributed by atoms with Gasteiger partial charge in [-0.15, -0.1) is 0 Å². The number of piperidine rings is 1. The third-order valence-corrected chi connectivity index (χ3v) is 5.33. The number of benzene rings is 1. The van der Waals surface area contributed by atoms with Crippen LogP contribution in [0.1, 0.15) is 34.6 Å². The first kappa shape index (κ1) is 21.4. The van der Waals surface area contributed by atoms with E-state index in [1.165, 1.54) is 6.07 Å². The van der Waals surface area contributed by atoms with Gasteiger partial charge in [0.1, 0.15) is 5.82 Å². The lowest BCUT2D eigenvalue weighted by Gasteiger charge is -2.34. The van der Waals surface area contributed by atoms with Crippen molar-refractivity contribution in [3.05, 3.63) is 58.4 Å². The summed E-state index contributed by atoms with van der Waals surface area (Å²) in [6, 6.07) is 4.32. The Kier molecular flexibility index (Phi) is 6.38. The number of carbonyl (C=O) groups excluding carboxylic acids is 1. The zero-order valence-electron chi connectivity index (χ0n) is 15.3. The number of rotatable bonds is 4. The third-order valence-electron chi connectivity index (χ3n) is 5.04. The van der Waals surface area contributed by atoms with Crippen molar-refractivity contribution in [1.29, 1.82) is 0 Å². The number of halogens is 5. The highest BCUT2D eigenvalue weighted by atomic mass is 35.5. The third kappa shape index (κ3) is 5.22. The molecule has 5 nitrogen and oxygen atoms in total. The van der Waals surface area contributed by atoms with Gasteiger partial charge in [0.05, 0.1) is 10.6 Å². The second kappa shape index (κ2) is 8.62. The van der Waals surface area contributed by atoms with Gasteiger partial charge in [-0.1, -0.05) is 17.7 Å². The van der Waals surface area contributed by atoms with Crippen LogP contribution in [0.2, 0.25) is 5.02 Å². The Morgan fingerprint density at radius 2 is 1.86 bits per heavy atom. The second-order valence-corrected chi connectivity index (χ2v) is 7.45. The maximum absolute atomic E-state index is 13.3. The van der Waals surface area contributed by atoms with Crippen LogP contribution < -0.4 is 5.73 Å². The molecule has 0 radical (unpaired) electrons. The van der Waals surface area contributed by atoms with Gasteiger partial charge < -0.3 is 10.6 Å². The first-order chi connectivity index (χ1) is 13.6. The van der Waals surface area contributed by atoms with Gasteiger partial charge in [0, 0.05) is 31.5 Å². The summed E-state index contributed by atoms with van der Waals surface area (Å²) < 4.78 is 50.9. The van der Waals surface area contributed by atoms with E-state index in [4.69, 9.17) is 17.3 Å². The SMILES string of the molecule is N[C@H](Cc1ccc(F)c(Cl)c1)C1CCN(C(=O)c2cnc(C(F)(F)F)nc2)CC1. The van der Waals surface area contributed by atoms with Crippen LogP contribution in [0.3, 0.4) is 0 Å². The summed E-state index contributed by atoms with van der Waals surface area (Å²) in [5, 5.41) is 0.0499. The maximum Gasteiger partial charge on any atom is 0.451 e. The van der Waals surface area contributed by atoms with E-state index in [0.717, 1.165) is 18.0 Å². The predicted molar refractivity (Wildman–Crippen MR) is 98.8 cm³/mol. The molecule has 1 atom stereocenters. The van der Waals surface area contributed by atoms with Crippen molar-refractivity contribution in [2.75, 3.05) is 13.1 Å². The Balaban J connectivity index is 1.55. The Bertz CT molecular complexity index is 868. The van der Waals surface area contributed by atoms with Crippen LogP contribution in [-0.4, -0.2) is 39.9 Å². The monoisotopic (exact) mass is 430 g/mol. The molecule has 0 saturated carbocycles. The molecular formula is C19H19ClF4N4O. The van der Waals surface area contributed by atoms with E-state index in [-0.39, 0.29) is 22.5 Å². The largest absolute Gasteiger partial charge is 0.451 e. The van der Waals surface area contributed by atoms with Crippen molar-refractivity contribution < 1.29 is 22.4 Å². The van der Waals surface area contributed by atoms with Crippen LogP contribution in [0, 0.1) is 11.7 Å². The number of aromatic nitrogens is 2. The van der Waals surface area contributed by atoms with Gasteiger partial charge >= 0.3 is 6.18 Å². The number of nitrogens with zero attached hydrogens (tertiary/aromatic N) is 3. The van der Waals surface area contributed by atoms with Gasteiger partial charge in [-0.25, -0.2) is 14.4 Å². The summed E-state index contributed by atoms with van der Waals surface area (Å²) in [7, 11) is 0. The molecule has 1 aliphatic rings. The van der Waals surface area contributed by atoms with Crippen molar-refractivity contribution in [2.45, 2.75) is 31.5 Å². The second-order valence-electron chi connectivity index (χ2n) is 7.04. The molecule has 1 aliphatic heterocycles. The fourth-order valence-corrected chi connectivity index (χ4v) is 3.61. The highest BCUT2D eigenvalue weighted by Gasteiger charge is 2.35. The first-order valence-corrected chi connectivity index (χ1v) is 9.41. The lowest BCUT2D eigenvalue weighted by atomic mass is 9.86. The minimum absolute atomic E-state index is 0.0155. The molecule has 1 amide bonds. The molecule has 2 N–H and O–H groups in total. The molecule has 156 valence electrons. The van der Waals surface area contributed by atoms with Crippen LogP contribution in [0.5, 0.6) is 0 Å². The van der Waals surface area contributed by atoms with Crippen LogP contribution in [0.4, 0.5) is 17.6 Å².